The fraction of sp³-hybridized carbons (Fsp3) is 0.273. The lowest BCUT2D eigenvalue weighted by Crippen LogP contribution is -2.32. The summed E-state index contributed by atoms with van der Waals surface area (Å²) in [6.07, 6.45) is 3.48. The third-order valence-electron chi connectivity index (χ3n) is 4.39. The maximum Gasteiger partial charge on any atom is 0.262 e. The Balaban J connectivity index is 1.55. The molecule has 2 aromatic carbocycles. The number of carbonyl (C=O) groups excluding carboxylic acids is 1. The fourth-order valence-electron chi connectivity index (χ4n) is 2.83. The molecule has 1 N–H and O–H groups in total. The lowest BCUT2D eigenvalue weighted by molar-refractivity contribution is -0.117. The predicted octanol–water partition coefficient (Wildman–Crippen LogP) is 3.61. The van der Waals surface area contributed by atoms with Gasteiger partial charge in [-0.05, 0) is 54.3 Å². The SMILES string of the molecule is N#C/C(=C\c1ccc(OCc2ccc(F)cc2)cc1)C(=O)NC[C@H]1CCCO1. The average Bonchev–Trinajstić information content (AvgIpc) is 3.24. The highest BCUT2D eigenvalue weighted by atomic mass is 19.1. The highest BCUT2D eigenvalue weighted by molar-refractivity contribution is 6.01. The first-order valence-corrected chi connectivity index (χ1v) is 9.13. The summed E-state index contributed by atoms with van der Waals surface area (Å²) in [5, 5.41) is 12.0. The van der Waals surface area contributed by atoms with Crippen LogP contribution in [0.1, 0.15) is 24.0 Å². The number of hydrogen-bond donors (Lipinski definition) is 1. The van der Waals surface area contributed by atoms with E-state index in [0.717, 1.165) is 30.6 Å². The summed E-state index contributed by atoms with van der Waals surface area (Å²) in [7, 11) is 0. The zero-order valence-electron chi connectivity index (χ0n) is 15.4. The maximum absolute atomic E-state index is 12.9. The van der Waals surface area contributed by atoms with Crippen LogP contribution in [-0.4, -0.2) is 25.2 Å². The predicted molar refractivity (Wildman–Crippen MR) is 103 cm³/mol. The van der Waals surface area contributed by atoms with Gasteiger partial charge in [0.05, 0.1) is 6.10 Å². The Morgan fingerprint density at radius 1 is 1.25 bits per heavy atom. The molecule has 6 heteroatoms. The van der Waals surface area contributed by atoms with E-state index in [1.807, 2.05) is 6.07 Å². The molecular formula is C22H21FN2O3. The lowest BCUT2D eigenvalue weighted by Gasteiger charge is -2.10. The smallest absolute Gasteiger partial charge is 0.262 e. The third-order valence-corrected chi connectivity index (χ3v) is 4.39. The van der Waals surface area contributed by atoms with Crippen molar-refractivity contribution in [2.45, 2.75) is 25.6 Å². The lowest BCUT2D eigenvalue weighted by atomic mass is 10.1. The number of hydrogen-bond acceptors (Lipinski definition) is 4. The van der Waals surface area contributed by atoms with Gasteiger partial charge in [0.15, 0.2) is 0 Å². The average molecular weight is 380 g/mol. The van der Waals surface area contributed by atoms with E-state index in [1.54, 1.807) is 36.4 Å². The van der Waals surface area contributed by atoms with E-state index >= 15 is 0 Å². The number of nitrogens with one attached hydrogen (secondary N) is 1. The zero-order valence-corrected chi connectivity index (χ0v) is 15.4. The van der Waals surface area contributed by atoms with E-state index in [2.05, 4.69) is 5.32 Å². The number of nitrogens with zero attached hydrogens (tertiary/aromatic N) is 1. The summed E-state index contributed by atoms with van der Waals surface area (Å²) in [4.78, 5) is 12.2. The van der Waals surface area contributed by atoms with Crippen molar-refractivity contribution >= 4 is 12.0 Å². The van der Waals surface area contributed by atoms with Crippen LogP contribution in [0.4, 0.5) is 4.39 Å². The highest BCUT2D eigenvalue weighted by Crippen LogP contribution is 2.17. The Kier molecular flexibility index (Phi) is 6.77. The Hall–Kier alpha value is -3.17. The molecule has 1 amide bonds. The van der Waals surface area contributed by atoms with E-state index in [0.29, 0.717) is 18.9 Å². The second kappa shape index (κ2) is 9.67. The number of amides is 1. The van der Waals surface area contributed by atoms with Crippen LogP contribution in [0.5, 0.6) is 5.75 Å². The monoisotopic (exact) mass is 380 g/mol. The van der Waals surface area contributed by atoms with Crippen molar-refractivity contribution in [1.29, 1.82) is 5.26 Å². The first-order chi connectivity index (χ1) is 13.6. The molecule has 0 radical (unpaired) electrons. The molecule has 0 aromatic heterocycles. The molecule has 28 heavy (non-hydrogen) atoms. The minimum absolute atomic E-state index is 0.0291. The molecule has 1 aliphatic heterocycles. The quantitative estimate of drug-likeness (QED) is 0.588. The molecule has 1 atom stereocenters. The molecule has 1 heterocycles. The number of nitriles is 1. The van der Waals surface area contributed by atoms with Crippen LogP contribution >= 0.6 is 0 Å². The van der Waals surface area contributed by atoms with E-state index in [9.17, 15) is 14.4 Å². The van der Waals surface area contributed by atoms with Crippen LogP contribution in [-0.2, 0) is 16.1 Å². The van der Waals surface area contributed by atoms with Gasteiger partial charge in [-0.3, -0.25) is 4.79 Å². The van der Waals surface area contributed by atoms with E-state index in [1.165, 1.54) is 18.2 Å². The van der Waals surface area contributed by atoms with Crippen molar-refractivity contribution in [3.05, 3.63) is 71.0 Å². The maximum atomic E-state index is 12.9. The molecule has 0 bridgehead atoms. The van der Waals surface area contributed by atoms with Crippen molar-refractivity contribution in [2.75, 3.05) is 13.2 Å². The summed E-state index contributed by atoms with van der Waals surface area (Å²) in [6.45, 7) is 1.45. The molecular weight excluding hydrogens is 359 g/mol. The van der Waals surface area contributed by atoms with Gasteiger partial charge < -0.3 is 14.8 Å². The minimum Gasteiger partial charge on any atom is -0.489 e. The van der Waals surface area contributed by atoms with Crippen LogP contribution < -0.4 is 10.1 Å². The molecule has 0 spiro atoms. The van der Waals surface area contributed by atoms with E-state index in [-0.39, 0.29) is 17.5 Å². The second-order valence-corrected chi connectivity index (χ2v) is 6.50. The Morgan fingerprint density at radius 2 is 2.00 bits per heavy atom. The molecule has 0 unspecified atom stereocenters. The van der Waals surface area contributed by atoms with Crippen molar-refractivity contribution in [1.82, 2.24) is 5.32 Å². The molecule has 1 fully saturated rings. The van der Waals surface area contributed by atoms with E-state index < -0.39 is 5.91 Å². The summed E-state index contributed by atoms with van der Waals surface area (Å²) in [6, 6.07) is 15.1. The van der Waals surface area contributed by atoms with Crippen LogP contribution in [0.15, 0.2) is 54.1 Å². The standard InChI is InChI=1S/C22H21FN2O3/c23-19-7-3-17(4-8-19)15-28-20-9-5-16(6-10-20)12-18(13-24)22(26)25-14-21-2-1-11-27-21/h3-10,12,21H,1-2,11,14-15H2,(H,25,26)/b18-12+/t21-/m1/s1. The topological polar surface area (TPSA) is 71.3 Å². The van der Waals surface area contributed by atoms with Crippen molar-refractivity contribution < 1.29 is 18.7 Å². The number of rotatable bonds is 7. The number of benzene rings is 2. The molecule has 1 saturated heterocycles. The minimum atomic E-state index is -0.408. The Morgan fingerprint density at radius 3 is 2.64 bits per heavy atom. The number of carbonyl (C=O) groups is 1. The normalized spacial score (nSPS) is 16.4. The van der Waals surface area contributed by atoms with Gasteiger partial charge in [-0.2, -0.15) is 5.26 Å². The highest BCUT2D eigenvalue weighted by Gasteiger charge is 2.17. The van der Waals surface area contributed by atoms with Gasteiger partial charge >= 0.3 is 0 Å². The summed E-state index contributed by atoms with van der Waals surface area (Å²) >= 11 is 0. The molecule has 144 valence electrons. The summed E-state index contributed by atoms with van der Waals surface area (Å²) in [5.41, 5.74) is 1.62. The van der Waals surface area contributed by atoms with Gasteiger partial charge in [0.1, 0.15) is 29.8 Å². The third kappa shape index (κ3) is 5.66. The van der Waals surface area contributed by atoms with Gasteiger partial charge in [-0.15, -0.1) is 0 Å². The molecule has 0 saturated carbocycles. The molecule has 1 aliphatic rings. The Bertz CT molecular complexity index is 864. The molecule has 2 aromatic rings. The van der Waals surface area contributed by atoms with Gasteiger partial charge in [0, 0.05) is 13.2 Å². The van der Waals surface area contributed by atoms with Crippen molar-refractivity contribution in [3.63, 3.8) is 0 Å². The largest absolute Gasteiger partial charge is 0.489 e. The first kappa shape index (κ1) is 19.6. The Labute approximate surface area is 163 Å². The second-order valence-electron chi connectivity index (χ2n) is 6.50. The fourth-order valence-corrected chi connectivity index (χ4v) is 2.83. The van der Waals surface area contributed by atoms with Crippen molar-refractivity contribution in [3.8, 4) is 11.8 Å². The molecule has 5 nitrogen and oxygen atoms in total. The van der Waals surface area contributed by atoms with Crippen LogP contribution in [0.3, 0.4) is 0 Å². The van der Waals surface area contributed by atoms with Gasteiger partial charge in [0.25, 0.3) is 5.91 Å². The van der Waals surface area contributed by atoms with Crippen LogP contribution in [0, 0.1) is 17.1 Å². The summed E-state index contributed by atoms with van der Waals surface area (Å²) < 4.78 is 24.0. The molecule has 3 rings (SSSR count). The van der Waals surface area contributed by atoms with Crippen LogP contribution in [0.2, 0.25) is 0 Å². The van der Waals surface area contributed by atoms with Gasteiger partial charge in [-0.25, -0.2) is 4.39 Å². The number of ether oxygens (including phenoxy) is 2. The van der Waals surface area contributed by atoms with Crippen LogP contribution in [0.25, 0.3) is 6.08 Å². The summed E-state index contributed by atoms with van der Waals surface area (Å²) in [5.74, 6) is -0.0505. The van der Waals surface area contributed by atoms with Gasteiger partial charge in [0.2, 0.25) is 0 Å². The molecule has 0 aliphatic carbocycles. The first-order valence-electron chi connectivity index (χ1n) is 9.13. The number of halogens is 1. The van der Waals surface area contributed by atoms with Crippen molar-refractivity contribution in [2.24, 2.45) is 0 Å². The zero-order chi connectivity index (χ0) is 19.8. The van der Waals surface area contributed by atoms with Gasteiger partial charge in [-0.1, -0.05) is 24.3 Å². The van der Waals surface area contributed by atoms with E-state index in [4.69, 9.17) is 9.47 Å².